The molecule has 0 atom stereocenters. The second-order valence-corrected chi connectivity index (χ2v) is 6.11. The Labute approximate surface area is 107 Å². The summed E-state index contributed by atoms with van der Waals surface area (Å²) in [5.74, 6) is 0. The highest BCUT2D eigenvalue weighted by Gasteiger charge is 2.20. The van der Waals surface area contributed by atoms with Crippen LogP contribution in [0, 0.1) is 5.41 Å². The van der Waals surface area contributed by atoms with Crippen LogP contribution in [0.3, 0.4) is 0 Å². The summed E-state index contributed by atoms with van der Waals surface area (Å²) < 4.78 is 1.72. The third-order valence-corrected chi connectivity index (χ3v) is 2.35. The van der Waals surface area contributed by atoms with E-state index >= 15 is 0 Å². The van der Waals surface area contributed by atoms with Crippen LogP contribution in [0.15, 0.2) is 21.8 Å². The van der Waals surface area contributed by atoms with Crippen molar-refractivity contribution in [2.24, 2.45) is 20.9 Å². The van der Waals surface area contributed by atoms with Crippen molar-refractivity contribution in [2.75, 3.05) is 6.54 Å². The molecule has 0 aliphatic carbocycles. The van der Waals surface area contributed by atoms with Gasteiger partial charge in [-0.15, -0.1) is 10.2 Å². The Balaban J connectivity index is 0.000000180. The van der Waals surface area contributed by atoms with E-state index in [1.54, 1.807) is 11.0 Å². The predicted octanol–water partition coefficient (Wildman–Crippen LogP) is 2.28. The fraction of sp³-hybridized carbons (Fsp3) is 0.818. The van der Waals surface area contributed by atoms with Crippen molar-refractivity contribution in [2.45, 2.75) is 47.1 Å². The van der Waals surface area contributed by atoms with Gasteiger partial charge in [-0.05, 0) is 36.4 Å². The Kier molecular flexibility index (Phi) is 4.26. The first-order chi connectivity index (χ1) is 8.21. The molecule has 0 unspecified atom stereocenters. The lowest BCUT2D eigenvalue weighted by Gasteiger charge is -2.16. The first kappa shape index (κ1) is 14.4. The highest BCUT2D eigenvalue weighted by Crippen LogP contribution is 2.18. The third-order valence-electron chi connectivity index (χ3n) is 2.35. The van der Waals surface area contributed by atoms with Crippen molar-refractivity contribution in [3.63, 3.8) is 0 Å². The van der Waals surface area contributed by atoms with E-state index in [-0.39, 0.29) is 11.0 Å². The van der Waals surface area contributed by atoms with E-state index in [0.717, 1.165) is 5.71 Å². The summed E-state index contributed by atoms with van der Waals surface area (Å²) in [6, 6.07) is 0. The molecule has 0 saturated heterocycles. The van der Waals surface area contributed by atoms with Gasteiger partial charge in [0.1, 0.15) is 12.9 Å². The summed E-state index contributed by atoms with van der Waals surface area (Å²) in [5, 5.41) is 22.0. The van der Waals surface area contributed by atoms with Crippen molar-refractivity contribution in [1.29, 1.82) is 0 Å². The molecule has 1 aromatic rings. The Morgan fingerprint density at radius 3 is 2.00 bits per heavy atom. The molecule has 1 aliphatic heterocycles. The zero-order valence-corrected chi connectivity index (χ0v) is 11.9. The lowest BCUT2D eigenvalue weighted by molar-refractivity contribution is 0.346. The molecule has 0 fully saturated rings. The molecular formula is C11H21N7. The summed E-state index contributed by atoms with van der Waals surface area (Å²) in [6.07, 6.45) is 1.61. The van der Waals surface area contributed by atoms with Crippen LogP contribution < -0.4 is 0 Å². The van der Waals surface area contributed by atoms with Gasteiger partial charge in [0.15, 0.2) is 0 Å². The maximum Gasteiger partial charge on any atom is 0.138 e. The smallest absolute Gasteiger partial charge is 0.138 e. The molecule has 0 saturated carbocycles. The molecule has 1 aliphatic rings. The van der Waals surface area contributed by atoms with Crippen molar-refractivity contribution in [3.8, 4) is 0 Å². The number of hydrogen-bond donors (Lipinski definition) is 0. The van der Waals surface area contributed by atoms with E-state index in [0.29, 0.717) is 6.54 Å². The van der Waals surface area contributed by atoms with Crippen molar-refractivity contribution in [1.82, 2.24) is 20.2 Å². The van der Waals surface area contributed by atoms with Gasteiger partial charge in [-0.2, -0.15) is 5.11 Å². The van der Waals surface area contributed by atoms with Gasteiger partial charge >= 0.3 is 0 Å². The highest BCUT2D eigenvalue weighted by atomic mass is 15.5. The van der Waals surface area contributed by atoms with Crippen molar-refractivity contribution < 1.29 is 0 Å². The van der Waals surface area contributed by atoms with Gasteiger partial charge in [0.05, 0.1) is 11.3 Å². The maximum atomic E-state index is 3.88. The molecule has 0 bridgehead atoms. The van der Waals surface area contributed by atoms with Gasteiger partial charge in [-0.3, -0.25) is 0 Å². The van der Waals surface area contributed by atoms with Gasteiger partial charge in [0.25, 0.3) is 0 Å². The highest BCUT2D eigenvalue weighted by molar-refractivity contribution is 5.91. The first-order valence-electron chi connectivity index (χ1n) is 5.88. The van der Waals surface area contributed by atoms with E-state index in [2.05, 4.69) is 51.7 Å². The Morgan fingerprint density at radius 2 is 1.78 bits per heavy atom. The van der Waals surface area contributed by atoms with E-state index in [1.165, 1.54) is 0 Å². The first-order valence-corrected chi connectivity index (χ1v) is 5.88. The second kappa shape index (κ2) is 5.32. The van der Waals surface area contributed by atoms with Crippen molar-refractivity contribution >= 4 is 5.71 Å². The van der Waals surface area contributed by atoms with Crippen molar-refractivity contribution in [3.05, 3.63) is 6.33 Å². The zero-order valence-electron chi connectivity index (χ0n) is 11.9. The Hall–Kier alpha value is -1.66. The topological polar surface area (TPSA) is 80.7 Å². The molecule has 0 N–H and O–H groups in total. The van der Waals surface area contributed by atoms with Crippen LogP contribution in [-0.2, 0) is 5.54 Å². The number of hydrogen-bond acceptors (Lipinski definition) is 6. The number of tetrazole rings is 1. The molecule has 18 heavy (non-hydrogen) atoms. The third kappa shape index (κ3) is 4.31. The Morgan fingerprint density at radius 1 is 1.11 bits per heavy atom. The van der Waals surface area contributed by atoms with E-state index in [1.807, 2.05) is 20.8 Å². The van der Waals surface area contributed by atoms with E-state index < -0.39 is 0 Å². The summed E-state index contributed by atoms with van der Waals surface area (Å²) in [7, 11) is 0. The van der Waals surface area contributed by atoms with E-state index in [9.17, 15) is 0 Å². The molecule has 2 heterocycles. The molecule has 7 heteroatoms. The fourth-order valence-corrected chi connectivity index (χ4v) is 1.07. The van der Waals surface area contributed by atoms with Gasteiger partial charge in [-0.25, -0.2) is 4.68 Å². The SMILES string of the molecule is CC(C)(C)C1=NN=NC1.CC(C)(C)n1cnnn1. The van der Waals surface area contributed by atoms with Crippen LogP contribution in [0.4, 0.5) is 0 Å². The van der Waals surface area contributed by atoms with Crippen LogP contribution in [0.25, 0.3) is 0 Å². The molecule has 1 aromatic heterocycles. The lowest BCUT2D eigenvalue weighted by atomic mass is 9.90. The summed E-state index contributed by atoms with van der Waals surface area (Å²) in [5.41, 5.74) is 1.22. The van der Waals surface area contributed by atoms with Gasteiger partial charge < -0.3 is 0 Å². The van der Waals surface area contributed by atoms with Gasteiger partial charge in [0, 0.05) is 5.41 Å². The maximum absolute atomic E-state index is 3.88. The molecule has 7 nitrogen and oxygen atoms in total. The molecule has 0 amide bonds. The zero-order chi connectivity index (χ0) is 13.8. The normalized spacial score (nSPS) is 15.1. The van der Waals surface area contributed by atoms with Crippen LogP contribution in [-0.4, -0.2) is 32.5 Å². The predicted molar refractivity (Wildman–Crippen MR) is 69.4 cm³/mol. The van der Waals surface area contributed by atoms with E-state index in [4.69, 9.17) is 0 Å². The average molecular weight is 251 g/mol. The molecule has 2 rings (SSSR count). The lowest BCUT2D eigenvalue weighted by Crippen LogP contribution is -2.22. The summed E-state index contributed by atoms with van der Waals surface area (Å²) >= 11 is 0. The van der Waals surface area contributed by atoms with Crippen LogP contribution in [0.5, 0.6) is 0 Å². The van der Waals surface area contributed by atoms with Crippen LogP contribution >= 0.6 is 0 Å². The minimum absolute atomic E-state index is 0.00347. The molecular weight excluding hydrogens is 230 g/mol. The Bertz CT molecular complexity index is 417. The van der Waals surface area contributed by atoms with Gasteiger partial charge in [0.2, 0.25) is 0 Å². The number of aromatic nitrogens is 4. The fourth-order valence-electron chi connectivity index (χ4n) is 1.07. The summed E-state index contributed by atoms with van der Waals surface area (Å²) in [4.78, 5) is 0. The standard InChI is InChI=1S/C6H11N3.C5H10N4/c1-6(2,3)5-4-7-9-8-5;1-5(2,3)9-4-6-7-8-9/h4H2,1-3H3;4H,1-3H3. The number of nitrogens with zero attached hydrogens (tertiary/aromatic N) is 7. The largest absolute Gasteiger partial charge is 0.227 e. The molecule has 0 spiro atoms. The second-order valence-electron chi connectivity index (χ2n) is 6.11. The monoisotopic (exact) mass is 251 g/mol. The molecule has 0 aromatic carbocycles. The minimum atomic E-state index is 0.00347. The van der Waals surface area contributed by atoms with Crippen LogP contribution in [0.1, 0.15) is 41.5 Å². The summed E-state index contributed by atoms with van der Waals surface area (Å²) in [6.45, 7) is 13.2. The quantitative estimate of drug-likeness (QED) is 0.709. The minimum Gasteiger partial charge on any atom is -0.227 e. The average Bonchev–Trinajstić information content (AvgIpc) is 2.91. The van der Waals surface area contributed by atoms with Gasteiger partial charge in [-0.1, -0.05) is 20.8 Å². The molecule has 0 radical (unpaired) electrons. The number of rotatable bonds is 0. The van der Waals surface area contributed by atoms with Crippen LogP contribution in [0.2, 0.25) is 0 Å². The molecule has 100 valence electrons.